The highest BCUT2D eigenvalue weighted by atomic mass is 28.3. The average molecular weight is 347 g/mol. The highest BCUT2D eigenvalue weighted by Gasteiger charge is 2.15. The van der Waals surface area contributed by atoms with Crippen LogP contribution in [0.15, 0.2) is 12.1 Å². The predicted octanol–water partition coefficient (Wildman–Crippen LogP) is 5.16. The van der Waals surface area contributed by atoms with E-state index in [0.29, 0.717) is 12.5 Å². The zero-order valence-corrected chi connectivity index (χ0v) is 15.0. The van der Waals surface area contributed by atoms with E-state index in [4.69, 9.17) is 8.85 Å². The maximum atomic E-state index is 13.5. The van der Waals surface area contributed by atoms with Gasteiger partial charge in [0.05, 0.1) is 0 Å². The first-order valence-corrected chi connectivity index (χ1v) is 9.85. The van der Waals surface area contributed by atoms with Gasteiger partial charge in [-0.1, -0.05) is 26.7 Å². The molecule has 23 heavy (non-hydrogen) atoms. The van der Waals surface area contributed by atoms with Crippen molar-refractivity contribution in [3.8, 4) is 0 Å². The van der Waals surface area contributed by atoms with Crippen molar-refractivity contribution >= 4 is 9.28 Å². The zero-order valence-electron chi connectivity index (χ0n) is 14.0. The van der Waals surface area contributed by atoms with E-state index in [2.05, 4.69) is 13.8 Å². The molecule has 0 amide bonds. The van der Waals surface area contributed by atoms with Crippen molar-refractivity contribution in [1.82, 2.24) is 0 Å². The molecule has 0 aliphatic heterocycles. The minimum absolute atomic E-state index is 0.235. The topological polar surface area (TPSA) is 18.5 Å². The number of hydrogen-bond acceptors (Lipinski definition) is 2. The minimum Gasteiger partial charge on any atom is -0.393 e. The standard InChI is InChI=1S/C17H26F3O2Si/c1-3-9-21-23(22-10-4-2)11-7-5-6-8-14-12-16(19)17(20)13-15(14)18/h12-13H,3-11H2,1-2H3. The van der Waals surface area contributed by atoms with Crippen LogP contribution in [0.2, 0.25) is 6.04 Å². The average Bonchev–Trinajstić information content (AvgIpc) is 2.53. The molecule has 0 aromatic heterocycles. The van der Waals surface area contributed by atoms with Crippen molar-refractivity contribution in [1.29, 1.82) is 0 Å². The Balaban J connectivity index is 2.28. The van der Waals surface area contributed by atoms with E-state index < -0.39 is 26.7 Å². The number of rotatable bonds is 12. The molecule has 0 saturated carbocycles. The van der Waals surface area contributed by atoms with E-state index in [-0.39, 0.29) is 5.56 Å². The summed E-state index contributed by atoms with van der Waals surface area (Å²) in [6.07, 6.45) is 4.91. The smallest absolute Gasteiger partial charge is 0.384 e. The van der Waals surface area contributed by atoms with Crippen molar-refractivity contribution in [2.24, 2.45) is 0 Å². The van der Waals surface area contributed by atoms with E-state index in [0.717, 1.165) is 57.4 Å². The number of benzene rings is 1. The molecule has 1 aromatic carbocycles. The molecule has 0 N–H and O–H groups in total. The lowest BCUT2D eigenvalue weighted by Gasteiger charge is -2.14. The Morgan fingerprint density at radius 1 is 0.826 bits per heavy atom. The maximum Gasteiger partial charge on any atom is 0.384 e. The quantitative estimate of drug-likeness (QED) is 0.295. The third-order valence-corrected chi connectivity index (χ3v) is 5.16. The van der Waals surface area contributed by atoms with Crippen LogP contribution in [-0.4, -0.2) is 22.5 Å². The Morgan fingerprint density at radius 2 is 1.43 bits per heavy atom. The van der Waals surface area contributed by atoms with Crippen LogP contribution in [0.4, 0.5) is 13.2 Å². The van der Waals surface area contributed by atoms with Gasteiger partial charge in [-0.25, -0.2) is 13.2 Å². The van der Waals surface area contributed by atoms with Crippen molar-refractivity contribution < 1.29 is 22.0 Å². The van der Waals surface area contributed by atoms with E-state index in [1.165, 1.54) is 0 Å². The van der Waals surface area contributed by atoms with Crippen molar-refractivity contribution in [3.63, 3.8) is 0 Å². The second-order valence-corrected chi connectivity index (χ2v) is 7.31. The van der Waals surface area contributed by atoms with Crippen LogP contribution in [-0.2, 0) is 15.3 Å². The Labute approximate surface area is 138 Å². The molecular formula is C17H26F3O2Si. The van der Waals surface area contributed by atoms with E-state index in [1.54, 1.807) is 0 Å². The summed E-state index contributed by atoms with van der Waals surface area (Å²) in [5, 5.41) is 0. The van der Waals surface area contributed by atoms with E-state index in [9.17, 15) is 13.2 Å². The molecule has 6 heteroatoms. The first kappa shape index (κ1) is 20.2. The largest absolute Gasteiger partial charge is 0.393 e. The summed E-state index contributed by atoms with van der Waals surface area (Å²) in [5.74, 6) is -2.81. The van der Waals surface area contributed by atoms with Gasteiger partial charge >= 0.3 is 9.28 Å². The second-order valence-electron chi connectivity index (χ2n) is 5.49. The molecule has 1 radical (unpaired) electrons. The summed E-state index contributed by atoms with van der Waals surface area (Å²) < 4.78 is 50.9. The molecule has 0 bridgehead atoms. The first-order chi connectivity index (χ1) is 11.1. The van der Waals surface area contributed by atoms with Crippen LogP contribution in [0.5, 0.6) is 0 Å². The predicted molar refractivity (Wildman–Crippen MR) is 86.9 cm³/mol. The van der Waals surface area contributed by atoms with Gasteiger partial charge in [-0.15, -0.1) is 0 Å². The Kier molecular flexibility index (Phi) is 10.2. The van der Waals surface area contributed by atoms with Gasteiger partial charge in [0, 0.05) is 19.3 Å². The Bertz CT molecular complexity index is 450. The fourth-order valence-corrected chi connectivity index (χ4v) is 3.91. The van der Waals surface area contributed by atoms with Crippen LogP contribution in [0.25, 0.3) is 0 Å². The van der Waals surface area contributed by atoms with Gasteiger partial charge in [-0.05, 0) is 43.4 Å². The van der Waals surface area contributed by atoms with Gasteiger partial charge in [-0.2, -0.15) is 0 Å². The molecule has 0 spiro atoms. The minimum atomic E-state index is -1.22. The molecule has 131 valence electrons. The molecule has 1 rings (SSSR count). The van der Waals surface area contributed by atoms with Gasteiger partial charge in [0.15, 0.2) is 11.6 Å². The zero-order chi connectivity index (χ0) is 17.1. The highest BCUT2D eigenvalue weighted by molar-refractivity contribution is 6.44. The van der Waals surface area contributed by atoms with Crippen LogP contribution < -0.4 is 0 Å². The molecule has 0 heterocycles. The van der Waals surface area contributed by atoms with Gasteiger partial charge in [0.2, 0.25) is 0 Å². The molecule has 0 fully saturated rings. The van der Waals surface area contributed by atoms with Gasteiger partial charge < -0.3 is 8.85 Å². The Morgan fingerprint density at radius 3 is 2.04 bits per heavy atom. The summed E-state index contributed by atoms with van der Waals surface area (Å²) in [4.78, 5) is 0. The monoisotopic (exact) mass is 347 g/mol. The number of hydrogen-bond donors (Lipinski definition) is 0. The SMILES string of the molecule is CCCO[Si](CCCCCc1cc(F)c(F)cc1F)OCCC. The summed E-state index contributed by atoms with van der Waals surface area (Å²) in [7, 11) is -1.22. The van der Waals surface area contributed by atoms with Gasteiger partial charge in [-0.3, -0.25) is 0 Å². The molecule has 0 aliphatic carbocycles. The normalized spacial score (nSPS) is 11.4. The van der Waals surface area contributed by atoms with Gasteiger partial charge in [0.1, 0.15) is 5.82 Å². The molecular weight excluding hydrogens is 321 g/mol. The summed E-state index contributed by atoms with van der Waals surface area (Å²) in [6.45, 7) is 5.57. The third-order valence-electron chi connectivity index (χ3n) is 3.35. The third kappa shape index (κ3) is 7.99. The Hall–Kier alpha value is -0.853. The van der Waals surface area contributed by atoms with Crippen LogP contribution in [0, 0.1) is 17.5 Å². The molecule has 0 aliphatic rings. The lowest BCUT2D eigenvalue weighted by Crippen LogP contribution is -2.23. The molecule has 2 nitrogen and oxygen atoms in total. The van der Waals surface area contributed by atoms with Crippen molar-refractivity contribution in [2.45, 2.75) is 58.4 Å². The number of unbranched alkanes of at least 4 members (excludes halogenated alkanes) is 2. The fraction of sp³-hybridized carbons (Fsp3) is 0.647. The second kappa shape index (κ2) is 11.6. The summed E-state index contributed by atoms with van der Waals surface area (Å²) >= 11 is 0. The molecule has 1 aromatic rings. The van der Waals surface area contributed by atoms with Crippen molar-refractivity contribution in [2.75, 3.05) is 13.2 Å². The van der Waals surface area contributed by atoms with E-state index in [1.807, 2.05) is 0 Å². The number of halogens is 3. The summed E-state index contributed by atoms with van der Waals surface area (Å²) in [6, 6.07) is 2.46. The molecule has 0 unspecified atom stereocenters. The maximum absolute atomic E-state index is 13.5. The lowest BCUT2D eigenvalue weighted by molar-refractivity contribution is 0.195. The van der Waals surface area contributed by atoms with Gasteiger partial charge in [0.25, 0.3) is 0 Å². The van der Waals surface area contributed by atoms with Crippen LogP contribution >= 0.6 is 0 Å². The summed E-state index contributed by atoms with van der Waals surface area (Å²) in [5.41, 5.74) is 0.235. The first-order valence-electron chi connectivity index (χ1n) is 8.33. The van der Waals surface area contributed by atoms with Crippen molar-refractivity contribution in [3.05, 3.63) is 35.1 Å². The fourth-order valence-electron chi connectivity index (χ4n) is 2.13. The lowest BCUT2D eigenvalue weighted by atomic mass is 10.1. The van der Waals surface area contributed by atoms with Crippen LogP contribution in [0.3, 0.4) is 0 Å². The van der Waals surface area contributed by atoms with Crippen LogP contribution in [0.1, 0.15) is 51.5 Å². The molecule has 0 atom stereocenters. The van der Waals surface area contributed by atoms with E-state index >= 15 is 0 Å². The molecule has 0 saturated heterocycles. The highest BCUT2D eigenvalue weighted by Crippen LogP contribution is 2.17. The number of aryl methyl sites for hydroxylation is 1.